The van der Waals surface area contributed by atoms with E-state index in [4.69, 9.17) is 0 Å². The number of fused-ring (bicyclic) bond motifs is 1. The lowest BCUT2D eigenvalue weighted by molar-refractivity contribution is -0.121. The van der Waals surface area contributed by atoms with E-state index in [0.29, 0.717) is 6.54 Å². The number of carbonyl (C=O) groups excluding carboxylic acids is 2. The second-order valence-electron chi connectivity index (χ2n) is 7.34. The first-order chi connectivity index (χ1) is 13.4. The second kappa shape index (κ2) is 7.00. The Bertz CT molecular complexity index is 1060. The van der Waals surface area contributed by atoms with Crippen LogP contribution in [-0.4, -0.2) is 41.0 Å². The molecule has 3 aromatic carbocycles. The fraction of sp³-hybridized carbons (Fsp3) is 0.217. The van der Waals surface area contributed by atoms with Gasteiger partial charge in [-0.3, -0.25) is 9.59 Å². The number of aromatic hydroxyl groups is 1. The van der Waals surface area contributed by atoms with E-state index in [-0.39, 0.29) is 35.7 Å². The number of carbonyl (C=O) groups is 2. The average molecular weight is 374 g/mol. The summed E-state index contributed by atoms with van der Waals surface area (Å²) in [6.07, 6.45) is 0. The van der Waals surface area contributed by atoms with E-state index in [9.17, 15) is 14.7 Å². The lowest BCUT2D eigenvalue weighted by atomic mass is 10.0. The van der Waals surface area contributed by atoms with Crippen LogP contribution in [0.4, 0.5) is 5.69 Å². The third-order valence-electron chi connectivity index (χ3n) is 5.29. The van der Waals surface area contributed by atoms with E-state index in [1.54, 1.807) is 17.0 Å². The van der Waals surface area contributed by atoms with Gasteiger partial charge in [0.25, 0.3) is 5.91 Å². The fourth-order valence-corrected chi connectivity index (χ4v) is 3.65. The molecule has 1 fully saturated rings. The first-order valence-corrected chi connectivity index (χ1v) is 9.34. The number of amides is 2. The number of hydrogen-bond donors (Lipinski definition) is 1. The first-order valence-electron chi connectivity index (χ1n) is 9.34. The van der Waals surface area contributed by atoms with E-state index in [1.807, 2.05) is 62.4 Å². The number of nitrogens with zero attached hydrogens (tertiary/aromatic N) is 2. The maximum Gasteiger partial charge on any atom is 0.258 e. The van der Waals surface area contributed by atoms with Gasteiger partial charge in [0.15, 0.2) is 0 Å². The average Bonchev–Trinajstić information content (AvgIpc) is 2.69. The molecule has 2 amide bonds. The normalized spacial score (nSPS) is 17.2. The standard InChI is InChI=1S/C23H22N2O3/c1-15-7-9-19(10-8-15)25-13-16(2)24(14-22(25)27)23(28)20-11-17-5-3-4-6-18(17)12-21(20)26/h3-12,16,26H,13-14H2,1-2H3. The van der Waals surface area contributed by atoms with Crippen LogP contribution in [-0.2, 0) is 4.79 Å². The topological polar surface area (TPSA) is 60.9 Å². The molecule has 0 aliphatic carbocycles. The fourth-order valence-electron chi connectivity index (χ4n) is 3.65. The minimum atomic E-state index is -0.326. The molecule has 5 heteroatoms. The van der Waals surface area contributed by atoms with Crippen molar-refractivity contribution in [2.75, 3.05) is 18.0 Å². The summed E-state index contributed by atoms with van der Waals surface area (Å²) in [6.45, 7) is 4.33. The summed E-state index contributed by atoms with van der Waals surface area (Å²) in [4.78, 5) is 29.1. The van der Waals surface area contributed by atoms with Crippen molar-refractivity contribution in [1.82, 2.24) is 4.90 Å². The Morgan fingerprint density at radius 3 is 2.36 bits per heavy atom. The van der Waals surface area contributed by atoms with Gasteiger partial charge in [0.05, 0.1) is 5.56 Å². The van der Waals surface area contributed by atoms with Crippen LogP contribution >= 0.6 is 0 Å². The maximum absolute atomic E-state index is 13.1. The summed E-state index contributed by atoms with van der Waals surface area (Å²) in [7, 11) is 0. The quantitative estimate of drug-likeness (QED) is 0.743. The monoisotopic (exact) mass is 374 g/mol. The Labute approximate surface area is 163 Å². The van der Waals surface area contributed by atoms with Crippen LogP contribution in [0.3, 0.4) is 0 Å². The predicted molar refractivity (Wildman–Crippen MR) is 110 cm³/mol. The molecule has 1 aliphatic heterocycles. The van der Waals surface area contributed by atoms with Crippen LogP contribution in [0.25, 0.3) is 10.8 Å². The summed E-state index contributed by atoms with van der Waals surface area (Å²) >= 11 is 0. The van der Waals surface area contributed by atoms with Crippen molar-refractivity contribution in [2.45, 2.75) is 19.9 Å². The number of hydrogen-bond acceptors (Lipinski definition) is 3. The molecule has 0 saturated carbocycles. The van der Waals surface area contributed by atoms with Gasteiger partial charge < -0.3 is 14.9 Å². The molecule has 0 aromatic heterocycles. The van der Waals surface area contributed by atoms with Crippen molar-refractivity contribution >= 4 is 28.3 Å². The number of rotatable bonds is 2. The van der Waals surface area contributed by atoms with Gasteiger partial charge >= 0.3 is 0 Å². The van der Waals surface area contributed by atoms with Crippen molar-refractivity contribution in [2.24, 2.45) is 0 Å². The van der Waals surface area contributed by atoms with Crippen LogP contribution in [0.1, 0.15) is 22.8 Å². The van der Waals surface area contributed by atoms with E-state index < -0.39 is 0 Å². The lowest BCUT2D eigenvalue weighted by Gasteiger charge is -2.39. The molecule has 1 N–H and O–H groups in total. The van der Waals surface area contributed by atoms with Crippen LogP contribution in [0, 0.1) is 6.92 Å². The second-order valence-corrected chi connectivity index (χ2v) is 7.34. The number of aryl methyl sites for hydroxylation is 1. The molecule has 1 saturated heterocycles. The van der Waals surface area contributed by atoms with Gasteiger partial charge in [0, 0.05) is 18.3 Å². The maximum atomic E-state index is 13.1. The lowest BCUT2D eigenvalue weighted by Crippen LogP contribution is -2.57. The number of phenolic OH excluding ortho intramolecular Hbond substituents is 1. The number of piperazine rings is 1. The smallest absolute Gasteiger partial charge is 0.258 e. The highest BCUT2D eigenvalue weighted by atomic mass is 16.3. The van der Waals surface area contributed by atoms with Gasteiger partial charge in [0.1, 0.15) is 12.3 Å². The van der Waals surface area contributed by atoms with Gasteiger partial charge in [-0.15, -0.1) is 0 Å². The van der Waals surface area contributed by atoms with E-state index in [1.165, 1.54) is 4.90 Å². The number of benzene rings is 3. The molecule has 142 valence electrons. The third-order valence-corrected chi connectivity index (χ3v) is 5.29. The van der Waals surface area contributed by atoms with Gasteiger partial charge in [-0.2, -0.15) is 0 Å². The van der Waals surface area contributed by atoms with Crippen molar-refractivity contribution in [3.63, 3.8) is 0 Å². The summed E-state index contributed by atoms with van der Waals surface area (Å²) in [5.74, 6) is -0.521. The van der Waals surface area contributed by atoms with Gasteiger partial charge in [0.2, 0.25) is 5.91 Å². The molecule has 0 radical (unpaired) electrons. The molecule has 1 atom stereocenters. The molecule has 0 spiro atoms. The van der Waals surface area contributed by atoms with Gasteiger partial charge in [-0.05, 0) is 48.9 Å². The summed E-state index contributed by atoms with van der Waals surface area (Å²) in [5.41, 5.74) is 2.19. The predicted octanol–water partition coefficient (Wildman–Crippen LogP) is 3.73. The molecular weight excluding hydrogens is 352 g/mol. The molecule has 5 nitrogen and oxygen atoms in total. The highest BCUT2D eigenvalue weighted by molar-refractivity contribution is 6.05. The molecule has 1 aliphatic rings. The highest BCUT2D eigenvalue weighted by Crippen LogP contribution is 2.28. The number of phenols is 1. The minimum absolute atomic E-state index is 0.0137. The van der Waals surface area contributed by atoms with Crippen LogP contribution in [0.15, 0.2) is 60.7 Å². The Balaban J connectivity index is 1.60. The Morgan fingerprint density at radius 1 is 1.04 bits per heavy atom. The molecular formula is C23H22N2O3. The van der Waals surface area contributed by atoms with Crippen molar-refractivity contribution in [1.29, 1.82) is 0 Å². The van der Waals surface area contributed by atoms with Gasteiger partial charge in [-0.25, -0.2) is 0 Å². The Morgan fingerprint density at radius 2 is 1.68 bits per heavy atom. The molecule has 1 unspecified atom stereocenters. The van der Waals surface area contributed by atoms with Crippen LogP contribution in [0.5, 0.6) is 5.75 Å². The summed E-state index contributed by atoms with van der Waals surface area (Å²) < 4.78 is 0. The Hall–Kier alpha value is -3.34. The largest absolute Gasteiger partial charge is 0.507 e. The minimum Gasteiger partial charge on any atom is -0.507 e. The molecule has 0 bridgehead atoms. The van der Waals surface area contributed by atoms with Crippen molar-refractivity contribution in [3.8, 4) is 5.75 Å². The zero-order valence-electron chi connectivity index (χ0n) is 15.9. The summed E-state index contributed by atoms with van der Waals surface area (Å²) in [6, 6.07) is 18.5. The van der Waals surface area contributed by atoms with Crippen molar-refractivity contribution < 1.29 is 14.7 Å². The zero-order chi connectivity index (χ0) is 19.8. The van der Waals surface area contributed by atoms with Crippen LogP contribution in [0.2, 0.25) is 0 Å². The molecule has 28 heavy (non-hydrogen) atoms. The van der Waals surface area contributed by atoms with Crippen molar-refractivity contribution in [3.05, 3.63) is 71.8 Å². The third kappa shape index (κ3) is 3.20. The SMILES string of the molecule is Cc1ccc(N2CC(C)N(C(=O)c3cc4ccccc4cc3O)CC2=O)cc1. The zero-order valence-corrected chi connectivity index (χ0v) is 15.9. The van der Waals surface area contributed by atoms with Crippen LogP contribution < -0.4 is 4.90 Å². The van der Waals surface area contributed by atoms with E-state index >= 15 is 0 Å². The van der Waals surface area contributed by atoms with E-state index in [2.05, 4.69) is 0 Å². The van der Waals surface area contributed by atoms with E-state index in [0.717, 1.165) is 22.0 Å². The first kappa shape index (κ1) is 18.0. The molecule has 1 heterocycles. The molecule has 3 aromatic rings. The summed E-state index contributed by atoms with van der Waals surface area (Å²) in [5, 5.41) is 12.1. The Kier molecular flexibility index (Phi) is 4.51. The number of anilines is 1. The van der Waals surface area contributed by atoms with Gasteiger partial charge in [-0.1, -0.05) is 42.0 Å². The highest BCUT2D eigenvalue weighted by Gasteiger charge is 2.34. The molecule has 4 rings (SSSR count).